The lowest BCUT2D eigenvalue weighted by Crippen LogP contribution is -2.44. The zero-order valence-corrected chi connectivity index (χ0v) is 16.9. The summed E-state index contributed by atoms with van der Waals surface area (Å²) in [4.78, 5) is 42.8. The quantitative estimate of drug-likeness (QED) is 0.708. The largest absolute Gasteiger partial charge is 0.324 e. The predicted octanol–water partition coefficient (Wildman–Crippen LogP) is 3.23. The number of hydrogen-bond donors (Lipinski definition) is 2. The van der Waals surface area contributed by atoms with Crippen molar-refractivity contribution in [1.82, 2.24) is 9.88 Å². The van der Waals surface area contributed by atoms with Crippen LogP contribution in [0.4, 0.5) is 11.5 Å². The summed E-state index contributed by atoms with van der Waals surface area (Å²) < 4.78 is 0. The Labute approximate surface area is 174 Å². The first-order chi connectivity index (χ1) is 13.9. The highest BCUT2D eigenvalue weighted by molar-refractivity contribution is 6.30. The van der Waals surface area contributed by atoms with E-state index in [1.54, 1.807) is 36.4 Å². The number of hydrogen-bond acceptors (Lipinski definition) is 5. The van der Waals surface area contributed by atoms with Gasteiger partial charge in [0.25, 0.3) is 0 Å². The van der Waals surface area contributed by atoms with E-state index in [2.05, 4.69) is 15.6 Å². The van der Waals surface area contributed by atoms with Crippen molar-refractivity contribution in [2.75, 3.05) is 30.3 Å². The van der Waals surface area contributed by atoms with Gasteiger partial charge in [-0.2, -0.15) is 0 Å². The Morgan fingerprint density at radius 2 is 1.97 bits per heavy atom. The van der Waals surface area contributed by atoms with Gasteiger partial charge in [-0.05, 0) is 50.6 Å². The number of Topliss-reactive ketones (excluding diaryl/α,β-unsaturated/α-hetero) is 1. The Hall–Kier alpha value is -2.77. The van der Waals surface area contributed by atoms with Crippen molar-refractivity contribution in [3.8, 4) is 0 Å². The average molecular weight is 415 g/mol. The van der Waals surface area contributed by atoms with Crippen molar-refractivity contribution in [3.05, 3.63) is 53.2 Å². The number of ketones is 1. The van der Waals surface area contributed by atoms with E-state index in [9.17, 15) is 14.4 Å². The highest BCUT2D eigenvalue weighted by atomic mass is 35.5. The van der Waals surface area contributed by atoms with Crippen LogP contribution in [0.2, 0.25) is 5.02 Å². The fourth-order valence-electron chi connectivity index (χ4n) is 3.38. The van der Waals surface area contributed by atoms with Crippen LogP contribution in [0, 0.1) is 5.92 Å². The molecule has 0 radical (unpaired) electrons. The SMILES string of the molecule is CC(=O)c1ccccc1NC(=O)CN1CCCC(C(=O)Nc2ccc(Cl)cn2)C1. The molecule has 2 amide bonds. The summed E-state index contributed by atoms with van der Waals surface area (Å²) in [5, 5.41) is 6.11. The first kappa shape index (κ1) is 21.0. The van der Waals surface area contributed by atoms with Crippen LogP contribution in [0.3, 0.4) is 0 Å². The van der Waals surface area contributed by atoms with Gasteiger partial charge in [-0.1, -0.05) is 23.7 Å². The minimum absolute atomic E-state index is 0.105. The van der Waals surface area contributed by atoms with Crippen molar-refractivity contribution in [2.45, 2.75) is 19.8 Å². The third-order valence-corrected chi connectivity index (χ3v) is 5.03. The smallest absolute Gasteiger partial charge is 0.238 e. The molecule has 2 heterocycles. The number of likely N-dealkylation sites (tertiary alicyclic amines) is 1. The Morgan fingerprint density at radius 3 is 2.69 bits per heavy atom. The fourth-order valence-corrected chi connectivity index (χ4v) is 3.49. The summed E-state index contributed by atoms with van der Waals surface area (Å²) in [6.07, 6.45) is 3.06. The summed E-state index contributed by atoms with van der Waals surface area (Å²) in [5.74, 6) is -0.203. The Bertz CT molecular complexity index is 901. The van der Waals surface area contributed by atoms with Crippen molar-refractivity contribution >= 4 is 40.7 Å². The number of nitrogens with zero attached hydrogens (tertiary/aromatic N) is 2. The van der Waals surface area contributed by atoms with Crippen LogP contribution in [-0.4, -0.2) is 47.1 Å². The molecule has 0 saturated carbocycles. The van der Waals surface area contributed by atoms with Crippen LogP contribution in [0.1, 0.15) is 30.1 Å². The lowest BCUT2D eigenvalue weighted by Gasteiger charge is -2.31. The first-order valence-corrected chi connectivity index (χ1v) is 9.85. The van der Waals surface area contributed by atoms with Gasteiger partial charge < -0.3 is 10.6 Å². The summed E-state index contributed by atoms with van der Waals surface area (Å²) >= 11 is 5.81. The number of carbonyl (C=O) groups excluding carboxylic acids is 3. The molecule has 1 atom stereocenters. The van der Waals surface area contributed by atoms with Crippen molar-refractivity contribution < 1.29 is 14.4 Å². The maximum Gasteiger partial charge on any atom is 0.238 e. The van der Waals surface area contributed by atoms with Gasteiger partial charge in [0.1, 0.15) is 5.82 Å². The second-order valence-electron chi connectivity index (χ2n) is 7.08. The number of amides is 2. The Morgan fingerprint density at radius 1 is 1.17 bits per heavy atom. The number of aromatic nitrogens is 1. The molecule has 0 bridgehead atoms. The second kappa shape index (κ2) is 9.62. The van der Waals surface area contributed by atoms with Crippen molar-refractivity contribution in [2.24, 2.45) is 5.92 Å². The van der Waals surface area contributed by atoms with Gasteiger partial charge in [-0.3, -0.25) is 19.3 Å². The van der Waals surface area contributed by atoms with Gasteiger partial charge in [-0.25, -0.2) is 4.98 Å². The summed E-state index contributed by atoms with van der Waals surface area (Å²) in [6, 6.07) is 10.2. The standard InChI is InChI=1S/C21H23ClN4O3/c1-14(27)17-6-2-3-7-18(17)24-20(28)13-26-10-4-5-15(12-26)21(29)25-19-9-8-16(22)11-23-19/h2-3,6-9,11,15H,4-5,10,12-13H2,1H3,(H,24,28)(H,23,25,29). The predicted molar refractivity (Wildman–Crippen MR) is 112 cm³/mol. The van der Waals surface area contributed by atoms with E-state index in [0.717, 1.165) is 19.4 Å². The molecule has 1 aliphatic rings. The van der Waals surface area contributed by atoms with Gasteiger partial charge >= 0.3 is 0 Å². The first-order valence-electron chi connectivity index (χ1n) is 9.47. The molecule has 3 rings (SSSR count). The van der Waals surface area contributed by atoms with Crippen LogP contribution in [-0.2, 0) is 9.59 Å². The number of carbonyl (C=O) groups is 3. The summed E-state index contributed by atoms with van der Waals surface area (Å²) in [7, 11) is 0. The van der Waals surface area contributed by atoms with Crippen LogP contribution in [0.5, 0.6) is 0 Å². The third kappa shape index (κ3) is 5.85. The topological polar surface area (TPSA) is 91.4 Å². The molecule has 2 N–H and O–H groups in total. The van der Waals surface area contributed by atoms with Crippen molar-refractivity contribution in [3.63, 3.8) is 0 Å². The molecule has 2 aromatic rings. The molecule has 29 heavy (non-hydrogen) atoms. The van der Waals surface area contributed by atoms with Crippen LogP contribution in [0.25, 0.3) is 0 Å². The fraction of sp³-hybridized carbons (Fsp3) is 0.333. The molecule has 1 aromatic heterocycles. The van der Waals surface area contributed by atoms with E-state index in [1.165, 1.54) is 13.1 Å². The molecule has 8 heteroatoms. The molecule has 152 valence electrons. The van der Waals surface area contributed by atoms with Crippen LogP contribution in [0.15, 0.2) is 42.6 Å². The van der Waals surface area contributed by atoms with E-state index in [-0.39, 0.29) is 30.1 Å². The molecule has 1 aromatic carbocycles. The molecule has 1 unspecified atom stereocenters. The zero-order chi connectivity index (χ0) is 20.8. The van der Waals surface area contributed by atoms with E-state index in [4.69, 9.17) is 11.6 Å². The Balaban J connectivity index is 1.55. The number of piperidine rings is 1. The minimum atomic E-state index is -0.224. The number of benzene rings is 1. The summed E-state index contributed by atoms with van der Waals surface area (Å²) in [5.41, 5.74) is 0.984. The third-order valence-electron chi connectivity index (χ3n) is 4.80. The van der Waals surface area contributed by atoms with Gasteiger partial charge in [0.05, 0.1) is 23.2 Å². The van der Waals surface area contributed by atoms with E-state index in [0.29, 0.717) is 28.6 Å². The Kier molecular flexibility index (Phi) is 6.95. The lowest BCUT2D eigenvalue weighted by molar-refractivity contribution is -0.123. The van der Waals surface area contributed by atoms with Crippen LogP contribution < -0.4 is 10.6 Å². The van der Waals surface area contributed by atoms with Gasteiger partial charge in [0.15, 0.2) is 5.78 Å². The maximum absolute atomic E-state index is 12.5. The maximum atomic E-state index is 12.5. The second-order valence-corrected chi connectivity index (χ2v) is 7.51. The van der Waals surface area contributed by atoms with Crippen molar-refractivity contribution in [1.29, 1.82) is 0 Å². The molecule has 1 fully saturated rings. The van der Waals surface area contributed by atoms with Crippen LogP contribution >= 0.6 is 11.6 Å². The van der Waals surface area contributed by atoms with Gasteiger partial charge in [0, 0.05) is 18.3 Å². The van der Waals surface area contributed by atoms with Gasteiger partial charge in [-0.15, -0.1) is 0 Å². The average Bonchev–Trinajstić information content (AvgIpc) is 2.70. The molecule has 7 nitrogen and oxygen atoms in total. The number of para-hydroxylation sites is 1. The molecular formula is C21H23ClN4O3. The molecule has 1 aliphatic heterocycles. The van der Waals surface area contributed by atoms with E-state index in [1.807, 2.05) is 4.90 Å². The zero-order valence-electron chi connectivity index (χ0n) is 16.2. The highest BCUT2D eigenvalue weighted by Gasteiger charge is 2.27. The minimum Gasteiger partial charge on any atom is -0.324 e. The van der Waals surface area contributed by atoms with E-state index < -0.39 is 0 Å². The van der Waals surface area contributed by atoms with E-state index >= 15 is 0 Å². The lowest BCUT2D eigenvalue weighted by atomic mass is 9.97. The monoisotopic (exact) mass is 414 g/mol. The molecular weight excluding hydrogens is 392 g/mol. The number of pyridine rings is 1. The molecule has 0 spiro atoms. The summed E-state index contributed by atoms with van der Waals surface area (Å²) in [6.45, 7) is 2.86. The number of nitrogens with one attached hydrogen (secondary N) is 2. The molecule has 0 aliphatic carbocycles. The number of rotatable bonds is 6. The number of anilines is 2. The normalized spacial score (nSPS) is 16.8. The number of halogens is 1. The van der Waals surface area contributed by atoms with Gasteiger partial charge in [0.2, 0.25) is 11.8 Å². The molecule has 1 saturated heterocycles. The highest BCUT2D eigenvalue weighted by Crippen LogP contribution is 2.20.